The van der Waals surface area contributed by atoms with Gasteiger partial charge in [0.1, 0.15) is 0 Å². The van der Waals surface area contributed by atoms with Gasteiger partial charge in [-0.15, -0.1) is 0 Å². The molecule has 4 nitrogen and oxygen atoms in total. The van der Waals surface area contributed by atoms with Gasteiger partial charge in [0.05, 0.1) is 0 Å². The Kier molecular flexibility index (Phi) is 8.49. The van der Waals surface area contributed by atoms with Crippen LogP contribution in [0.4, 0.5) is 0 Å². The van der Waals surface area contributed by atoms with Crippen molar-refractivity contribution in [1.82, 2.24) is 19.6 Å². The van der Waals surface area contributed by atoms with Gasteiger partial charge in [-0.25, -0.2) is 0 Å². The van der Waals surface area contributed by atoms with Crippen LogP contribution >= 0.6 is 0 Å². The normalized spacial score (nSPS) is 16.3. The van der Waals surface area contributed by atoms with Crippen molar-refractivity contribution in [2.24, 2.45) is 0 Å². The number of fused-ring (bicyclic) bond motifs is 4. The SMILES string of the molecule is CC1=Cc2ccc(-n3cc4ccccc4n3)cc2[C@@H]1[Zr+2]([C@H]1C(C)=Cc2ccc(-n3cc4ccccc4n3)cc21)=[Si](C)C.[Cl-].[Cl-]. The molecule has 2 aromatic heterocycles. The average Bonchev–Trinajstić information content (AvgIpc) is 3.75. The summed E-state index contributed by atoms with van der Waals surface area (Å²) in [4.78, 5) is 0. The minimum absolute atomic E-state index is 0. The molecule has 0 saturated carbocycles. The van der Waals surface area contributed by atoms with E-state index in [-0.39, 0.29) is 24.8 Å². The number of nitrogens with zero attached hydrogens (tertiary/aromatic N) is 4. The molecule has 0 spiro atoms. The van der Waals surface area contributed by atoms with Crippen molar-refractivity contribution < 1.29 is 45.2 Å². The molecule has 2 aliphatic rings. The van der Waals surface area contributed by atoms with Gasteiger partial charge in [-0.1, -0.05) is 0 Å². The first-order chi connectivity index (χ1) is 20.4. The van der Waals surface area contributed by atoms with Crippen LogP contribution in [-0.2, 0) is 20.4 Å². The molecule has 0 amide bonds. The third-order valence-corrected chi connectivity index (χ3v) is 28.9. The van der Waals surface area contributed by atoms with Gasteiger partial charge in [0.2, 0.25) is 0 Å². The first-order valence-corrected chi connectivity index (χ1v) is 23.7. The Morgan fingerprint density at radius 1 is 0.614 bits per heavy atom. The second-order valence-electron chi connectivity index (χ2n) is 12.0. The smallest absolute Gasteiger partial charge is 1.00 e. The average molecular weight is 711 g/mol. The first kappa shape index (κ1) is 31.0. The number of halogens is 2. The van der Waals surface area contributed by atoms with Gasteiger partial charge < -0.3 is 24.8 Å². The van der Waals surface area contributed by atoms with Gasteiger partial charge in [-0.05, 0) is 0 Å². The van der Waals surface area contributed by atoms with Crippen LogP contribution in [0.1, 0.15) is 43.4 Å². The maximum atomic E-state index is 4.91. The van der Waals surface area contributed by atoms with Crippen LogP contribution in [0.3, 0.4) is 0 Å². The van der Waals surface area contributed by atoms with Crippen molar-refractivity contribution in [3.05, 3.63) is 131 Å². The molecular formula is C36H32Cl2N4SiZr. The maximum absolute atomic E-state index is 4.91. The molecule has 0 unspecified atom stereocenters. The standard InChI is InChI=1S/2C17H13N2.C2H6Si.2ClH.Zr/c2*1-12-8-13-6-7-16(10-15(13)9-12)19-11-14-4-2-3-5-17(14)18-19;1-3-2;;;/h2*2-11H,1H3;1-2H3;2*1H;/q;;;;;+2/p-2. The molecule has 0 saturated heterocycles. The quantitative estimate of drug-likeness (QED) is 0.264. The zero-order valence-electron chi connectivity index (χ0n) is 25.1. The molecule has 0 radical (unpaired) electrons. The zero-order valence-corrected chi connectivity index (χ0v) is 30.1. The Morgan fingerprint density at radius 2 is 1.05 bits per heavy atom. The molecule has 6 aromatic rings. The fourth-order valence-corrected chi connectivity index (χ4v) is 27.8. The Hall–Kier alpha value is -3.02. The van der Waals surface area contributed by atoms with E-state index >= 15 is 0 Å². The molecule has 8 rings (SSSR count). The molecule has 44 heavy (non-hydrogen) atoms. The summed E-state index contributed by atoms with van der Waals surface area (Å²) in [5, 5.41) is 12.2. The van der Waals surface area contributed by atoms with E-state index in [2.05, 4.69) is 146 Å². The molecule has 0 bridgehead atoms. The number of hydrogen-bond donors (Lipinski definition) is 0. The van der Waals surface area contributed by atoms with E-state index in [0.29, 0.717) is 7.25 Å². The summed E-state index contributed by atoms with van der Waals surface area (Å²) in [6, 6.07) is 30.8. The van der Waals surface area contributed by atoms with Crippen molar-refractivity contribution >= 4 is 39.4 Å². The Labute approximate surface area is 278 Å². The van der Waals surface area contributed by atoms with Gasteiger partial charge in [0.15, 0.2) is 0 Å². The molecule has 218 valence electrons. The first-order valence-electron chi connectivity index (χ1n) is 14.7. The van der Waals surface area contributed by atoms with Crippen LogP contribution in [-0.4, -0.2) is 25.0 Å². The van der Waals surface area contributed by atoms with Gasteiger partial charge in [0.25, 0.3) is 0 Å². The molecule has 0 N–H and O–H groups in total. The summed E-state index contributed by atoms with van der Waals surface area (Å²) < 4.78 is 5.29. The Balaban J connectivity index is 0.00000171. The molecule has 0 fully saturated rings. The van der Waals surface area contributed by atoms with Crippen LogP contribution < -0.4 is 24.8 Å². The van der Waals surface area contributed by atoms with E-state index in [1.807, 2.05) is 0 Å². The molecule has 2 aliphatic carbocycles. The second-order valence-corrected chi connectivity index (χ2v) is 29.9. The molecule has 8 heteroatoms. The molecule has 2 atom stereocenters. The van der Waals surface area contributed by atoms with Crippen LogP contribution in [0.15, 0.2) is 108 Å². The van der Waals surface area contributed by atoms with E-state index in [4.69, 9.17) is 10.2 Å². The van der Waals surface area contributed by atoms with Gasteiger partial charge >= 0.3 is 256 Å². The van der Waals surface area contributed by atoms with Crippen LogP contribution in [0.25, 0.3) is 45.3 Å². The van der Waals surface area contributed by atoms with Crippen molar-refractivity contribution in [3.63, 3.8) is 0 Å². The van der Waals surface area contributed by atoms with Gasteiger partial charge in [-0.2, -0.15) is 0 Å². The third-order valence-electron chi connectivity index (χ3n) is 9.00. The summed E-state index contributed by atoms with van der Waals surface area (Å²) in [6.45, 7) is 9.95. The van der Waals surface area contributed by atoms with Gasteiger partial charge in [0, 0.05) is 0 Å². The van der Waals surface area contributed by atoms with E-state index in [9.17, 15) is 0 Å². The van der Waals surface area contributed by atoms with Crippen LogP contribution in [0.5, 0.6) is 0 Å². The van der Waals surface area contributed by atoms with E-state index in [1.54, 1.807) is 11.1 Å². The monoisotopic (exact) mass is 708 g/mol. The third kappa shape index (κ3) is 5.10. The zero-order chi connectivity index (χ0) is 28.5. The fourth-order valence-electron chi connectivity index (χ4n) is 7.08. The molecule has 2 heterocycles. The Bertz CT molecular complexity index is 1960. The number of hydrogen-bond acceptors (Lipinski definition) is 2. The van der Waals surface area contributed by atoms with Crippen LogP contribution in [0.2, 0.25) is 13.1 Å². The minimum Gasteiger partial charge on any atom is -1.00 e. The largest absolute Gasteiger partial charge is 1.00 e. The van der Waals surface area contributed by atoms with E-state index in [0.717, 1.165) is 22.4 Å². The number of aromatic nitrogens is 4. The summed E-state index contributed by atoms with van der Waals surface area (Å²) in [5.41, 5.74) is 12.9. The maximum Gasteiger partial charge on any atom is -1.00 e. The van der Waals surface area contributed by atoms with Crippen molar-refractivity contribution in [2.75, 3.05) is 0 Å². The summed E-state index contributed by atoms with van der Waals surface area (Å²) >= 11 is -2.17. The topological polar surface area (TPSA) is 35.6 Å². The van der Waals surface area contributed by atoms with E-state index < -0.39 is 25.8 Å². The molecule has 0 aliphatic heterocycles. The molecule has 4 aromatic carbocycles. The summed E-state index contributed by atoms with van der Waals surface area (Å²) in [5.74, 6) is 0. The van der Waals surface area contributed by atoms with Gasteiger partial charge in [-0.3, -0.25) is 0 Å². The van der Waals surface area contributed by atoms with Crippen molar-refractivity contribution in [3.8, 4) is 11.4 Å². The molecular weight excluding hydrogens is 679 g/mol. The predicted octanol–water partition coefficient (Wildman–Crippen LogP) is 2.86. The van der Waals surface area contributed by atoms with Crippen molar-refractivity contribution in [2.45, 2.75) is 34.2 Å². The van der Waals surface area contributed by atoms with Crippen LogP contribution in [0, 0.1) is 0 Å². The predicted molar refractivity (Wildman–Crippen MR) is 172 cm³/mol. The summed E-state index contributed by atoms with van der Waals surface area (Å²) in [7, 11) is 0. The number of benzene rings is 4. The minimum atomic E-state index is -2.17. The number of allylic oxidation sites excluding steroid dienone is 2. The Morgan fingerprint density at radius 3 is 1.45 bits per heavy atom. The van der Waals surface area contributed by atoms with E-state index in [1.165, 1.54) is 33.0 Å². The summed E-state index contributed by atoms with van der Waals surface area (Å²) in [6.07, 6.45) is 9.26. The number of rotatable bonds is 4. The van der Waals surface area contributed by atoms with Crippen molar-refractivity contribution in [1.29, 1.82) is 0 Å². The fraction of sp³-hybridized carbons (Fsp3) is 0.167. The second kappa shape index (κ2) is 12.1.